The standard InChI is InChI=1S/C25H28F3N5O2/c1-15(2)24(3)12-22(35)33(23(29)31-24)13-16-7-8-30-20(9-16)32-14-18(11-21(32)34)17-5-4-6-19(10-17)25(26,27)28/h4-10,15,18H,11-14H2,1-3H3,(H2,29,31). The SMILES string of the molecule is CC(C)C1(C)CC(=O)N(Cc2ccnc(N3CC(c4cccc(C(F)(F)F)c4)CC3=O)c2)C(N)=N1. The van der Waals surface area contributed by atoms with Crippen molar-refractivity contribution in [1.82, 2.24) is 9.88 Å². The lowest BCUT2D eigenvalue weighted by atomic mass is 9.84. The number of carbonyl (C=O) groups is 2. The number of hydrogen-bond acceptors (Lipinski definition) is 5. The number of pyridine rings is 1. The highest BCUT2D eigenvalue weighted by Gasteiger charge is 2.39. The quantitative estimate of drug-likeness (QED) is 0.688. The first kappa shape index (κ1) is 24.7. The van der Waals surface area contributed by atoms with E-state index >= 15 is 0 Å². The molecule has 2 aromatic rings. The summed E-state index contributed by atoms with van der Waals surface area (Å²) >= 11 is 0. The number of halogens is 3. The van der Waals surface area contributed by atoms with Gasteiger partial charge in [-0.05, 0) is 42.2 Å². The number of alkyl halides is 3. The van der Waals surface area contributed by atoms with Crippen molar-refractivity contribution in [2.75, 3.05) is 11.4 Å². The number of benzene rings is 1. The van der Waals surface area contributed by atoms with E-state index in [0.717, 1.165) is 12.1 Å². The average Bonchev–Trinajstić information content (AvgIpc) is 3.17. The van der Waals surface area contributed by atoms with Gasteiger partial charge in [-0.2, -0.15) is 13.2 Å². The first-order valence-electron chi connectivity index (χ1n) is 11.5. The lowest BCUT2D eigenvalue weighted by Gasteiger charge is -2.37. The van der Waals surface area contributed by atoms with Crippen LogP contribution in [0.2, 0.25) is 0 Å². The molecule has 1 saturated heterocycles. The lowest BCUT2D eigenvalue weighted by Crippen LogP contribution is -2.51. The van der Waals surface area contributed by atoms with Crippen LogP contribution in [0.5, 0.6) is 0 Å². The maximum Gasteiger partial charge on any atom is 0.416 e. The van der Waals surface area contributed by atoms with Gasteiger partial charge in [-0.1, -0.05) is 32.0 Å². The minimum atomic E-state index is -4.45. The number of aromatic nitrogens is 1. The molecular formula is C25H28F3N5O2. The first-order valence-corrected chi connectivity index (χ1v) is 11.5. The summed E-state index contributed by atoms with van der Waals surface area (Å²) in [5.74, 6) is -0.0542. The molecule has 2 amide bonds. The van der Waals surface area contributed by atoms with Gasteiger partial charge in [0.15, 0.2) is 5.96 Å². The molecule has 0 aliphatic carbocycles. The molecule has 2 aliphatic rings. The summed E-state index contributed by atoms with van der Waals surface area (Å²) in [5, 5.41) is 0. The molecule has 2 aliphatic heterocycles. The second kappa shape index (κ2) is 8.98. The molecule has 35 heavy (non-hydrogen) atoms. The van der Waals surface area contributed by atoms with E-state index in [9.17, 15) is 22.8 Å². The molecule has 4 rings (SSSR count). The van der Waals surface area contributed by atoms with Crippen LogP contribution in [0.3, 0.4) is 0 Å². The molecule has 1 fully saturated rings. The van der Waals surface area contributed by atoms with Crippen LogP contribution in [0.15, 0.2) is 47.6 Å². The van der Waals surface area contributed by atoms with Gasteiger partial charge >= 0.3 is 6.18 Å². The maximum atomic E-state index is 13.1. The molecule has 10 heteroatoms. The number of nitrogens with two attached hydrogens (primary N) is 1. The predicted octanol–water partition coefficient (Wildman–Crippen LogP) is 4.08. The zero-order valence-electron chi connectivity index (χ0n) is 19.8. The Bertz CT molecular complexity index is 1180. The number of amides is 2. The van der Waals surface area contributed by atoms with Gasteiger partial charge in [-0.3, -0.25) is 19.4 Å². The van der Waals surface area contributed by atoms with E-state index in [4.69, 9.17) is 5.73 Å². The Morgan fingerprint density at radius 3 is 2.57 bits per heavy atom. The molecule has 1 aromatic carbocycles. The van der Waals surface area contributed by atoms with E-state index in [1.165, 1.54) is 22.1 Å². The van der Waals surface area contributed by atoms with E-state index < -0.39 is 17.3 Å². The molecule has 2 unspecified atom stereocenters. The van der Waals surface area contributed by atoms with Gasteiger partial charge in [-0.15, -0.1) is 0 Å². The molecule has 186 valence electrons. The largest absolute Gasteiger partial charge is 0.416 e. The summed E-state index contributed by atoms with van der Waals surface area (Å²) < 4.78 is 39.3. The molecular weight excluding hydrogens is 459 g/mol. The fourth-order valence-electron chi connectivity index (χ4n) is 4.40. The van der Waals surface area contributed by atoms with Crippen molar-refractivity contribution < 1.29 is 22.8 Å². The van der Waals surface area contributed by atoms with Gasteiger partial charge < -0.3 is 5.73 Å². The summed E-state index contributed by atoms with van der Waals surface area (Å²) in [6, 6.07) is 8.50. The summed E-state index contributed by atoms with van der Waals surface area (Å²) in [7, 11) is 0. The van der Waals surface area contributed by atoms with Crippen molar-refractivity contribution in [2.45, 2.75) is 57.8 Å². The van der Waals surface area contributed by atoms with Crippen LogP contribution < -0.4 is 10.6 Å². The van der Waals surface area contributed by atoms with E-state index in [1.807, 2.05) is 20.8 Å². The number of guanidine groups is 1. The van der Waals surface area contributed by atoms with Gasteiger partial charge in [0.25, 0.3) is 0 Å². The van der Waals surface area contributed by atoms with Crippen LogP contribution in [0.1, 0.15) is 56.2 Å². The fraction of sp³-hybridized carbons (Fsp3) is 0.440. The molecule has 2 N–H and O–H groups in total. The van der Waals surface area contributed by atoms with E-state index in [-0.39, 0.29) is 55.5 Å². The van der Waals surface area contributed by atoms with Crippen LogP contribution in [-0.2, 0) is 22.3 Å². The minimum Gasteiger partial charge on any atom is -0.369 e. The highest BCUT2D eigenvalue weighted by Crippen LogP contribution is 2.36. The zero-order valence-corrected chi connectivity index (χ0v) is 19.8. The Hall–Kier alpha value is -3.43. The normalized spacial score (nSPS) is 23.3. The monoisotopic (exact) mass is 487 g/mol. The zero-order chi connectivity index (χ0) is 25.5. The summed E-state index contributed by atoms with van der Waals surface area (Å²) in [4.78, 5) is 37.3. The number of carbonyl (C=O) groups excluding carboxylic acids is 2. The van der Waals surface area contributed by atoms with Crippen molar-refractivity contribution in [3.8, 4) is 0 Å². The Morgan fingerprint density at radius 2 is 1.91 bits per heavy atom. The van der Waals surface area contributed by atoms with Crippen LogP contribution in [-0.4, -0.2) is 39.7 Å². The van der Waals surface area contributed by atoms with Crippen LogP contribution in [0.4, 0.5) is 19.0 Å². The summed E-state index contributed by atoms with van der Waals surface area (Å²) in [6.45, 7) is 6.29. The number of hydrogen-bond donors (Lipinski definition) is 1. The summed E-state index contributed by atoms with van der Waals surface area (Å²) in [5.41, 5.74) is 6.02. The Morgan fingerprint density at radius 1 is 1.17 bits per heavy atom. The maximum absolute atomic E-state index is 13.1. The first-order chi connectivity index (χ1) is 16.4. The minimum absolute atomic E-state index is 0.0885. The van der Waals surface area contributed by atoms with E-state index in [2.05, 4.69) is 9.98 Å². The van der Waals surface area contributed by atoms with Gasteiger partial charge in [0.1, 0.15) is 5.82 Å². The van der Waals surface area contributed by atoms with Crippen LogP contribution >= 0.6 is 0 Å². The molecule has 0 radical (unpaired) electrons. The fourth-order valence-corrected chi connectivity index (χ4v) is 4.40. The Kier molecular flexibility index (Phi) is 6.33. The second-order valence-electron chi connectivity index (χ2n) is 9.69. The van der Waals surface area contributed by atoms with Crippen molar-refractivity contribution in [2.24, 2.45) is 16.6 Å². The van der Waals surface area contributed by atoms with E-state index in [0.29, 0.717) is 16.9 Å². The average molecular weight is 488 g/mol. The van der Waals surface area contributed by atoms with Crippen molar-refractivity contribution in [1.29, 1.82) is 0 Å². The highest BCUT2D eigenvalue weighted by atomic mass is 19.4. The Labute approximate surface area is 201 Å². The van der Waals surface area contributed by atoms with Crippen molar-refractivity contribution in [3.05, 3.63) is 59.3 Å². The second-order valence-corrected chi connectivity index (χ2v) is 9.69. The molecule has 0 bridgehead atoms. The predicted molar refractivity (Wildman–Crippen MR) is 125 cm³/mol. The third-order valence-corrected chi connectivity index (χ3v) is 6.94. The molecule has 0 saturated carbocycles. The molecule has 3 heterocycles. The molecule has 2 atom stereocenters. The number of nitrogens with zero attached hydrogens (tertiary/aromatic N) is 4. The van der Waals surface area contributed by atoms with Crippen molar-refractivity contribution in [3.63, 3.8) is 0 Å². The van der Waals surface area contributed by atoms with Crippen LogP contribution in [0.25, 0.3) is 0 Å². The van der Waals surface area contributed by atoms with Gasteiger partial charge in [-0.25, -0.2) is 9.98 Å². The number of anilines is 1. The lowest BCUT2D eigenvalue weighted by molar-refractivity contribution is -0.137. The van der Waals surface area contributed by atoms with E-state index in [1.54, 1.807) is 18.2 Å². The Balaban J connectivity index is 1.52. The van der Waals surface area contributed by atoms with Gasteiger partial charge in [0, 0.05) is 25.1 Å². The highest BCUT2D eigenvalue weighted by molar-refractivity contribution is 5.99. The third-order valence-electron chi connectivity index (χ3n) is 6.94. The molecule has 1 aromatic heterocycles. The third kappa shape index (κ3) is 5.01. The van der Waals surface area contributed by atoms with Crippen LogP contribution in [0, 0.1) is 5.92 Å². The number of aliphatic imine (C=N–C) groups is 1. The summed E-state index contributed by atoms with van der Waals surface area (Å²) in [6.07, 6.45) is -2.58. The molecule has 7 nitrogen and oxygen atoms in total. The van der Waals surface area contributed by atoms with Gasteiger partial charge in [0.2, 0.25) is 11.8 Å². The van der Waals surface area contributed by atoms with Gasteiger partial charge in [0.05, 0.1) is 24.1 Å². The smallest absolute Gasteiger partial charge is 0.369 e. The molecule has 0 spiro atoms. The topological polar surface area (TPSA) is 91.9 Å². The number of rotatable bonds is 5. The van der Waals surface area contributed by atoms with Crippen molar-refractivity contribution >= 4 is 23.6 Å².